The smallest absolute Gasteiger partial charge is 0.255 e. The molecule has 1 amide bonds. The number of amides is 1. The van der Waals surface area contributed by atoms with Gasteiger partial charge in [0.15, 0.2) is 0 Å². The molecule has 6 nitrogen and oxygen atoms in total. The molecular formula is C17H19N5O. The highest BCUT2D eigenvalue weighted by Gasteiger charge is 2.17. The van der Waals surface area contributed by atoms with E-state index in [4.69, 9.17) is 0 Å². The van der Waals surface area contributed by atoms with Crippen LogP contribution in [0.15, 0.2) is 42.7 Å². The van der Waals surface area contributed by atoms with E-state index in [0.29, 0.717) is 12.1 Å². The zero-order valence-corrected chi connectivity index (χ0v) is 13.4. The highest BCUT2D eigenvalue weighted by molar-refractivity contribution is 5.96. The molecule has 0 unspecified atom stereocenters. The second kappa shape index (κ2) is 6.08. The fraction of sp³-hybridized carbons (Fsp3) is 0.235. The molecule has 0 spiro atoms. The minimum Gasteiger partial charge on any atom is -0.348 e. The number of aryl methyl sites for hydroxylation is 2. The molecule has 1 aromatic carbocycles. The van der Waals surface area contributed by atoms with Gasteiger partial charge in [-0.2, -0.15) is 10.2 Å². The van der Waals surface area contributed by atoms with Gasteiger partial charge in [-0.3, -0.25) is 9.48 Å². The van der Waals surface area contributed by atoms with Gasteiger partial charge in [0, 0.05) is 31.0 Å². The van der Waals surface area contributed by atoms with E-state index in [1.807, 2.05) is 57.4 Å². The first-order chi connectivity index (χ1) is 11.1. The summed E-state index contributed by atoms with van der Waals surface area (Å²) in [5, 5.41) is 11.5. The number of aromatic nitrogens is 4. The quantitative estimate of drug-likeness (QED) is 0.803. The second-order valence-corrected chi connectivity index (χ2v) is 5.48. The fourth-order valence-electron chi connectivity index (χ4n) is 2.55. The molecule has 0 bridgehead atoms. The van der Waals surface area contributed by atoms with Crippen molar-refractivity contribution in [3.63, 3.8) is 0 Å². The molecule has 2 aromatic heterocycles. The second-order valence-electron chi connectivity index (χ2n) is 5.48. The van der Waals surface area contributed by atoms with Gasteiger partial charge >= 0.3 is 0 Å². The lowest BCUT2D eigenvalue weighted by molar-refractivity contribution is 0.0949. The van der Waals surface area contributed by atoms with Crippen molar-refractivity contribution in [2.24, 2.45) is 7.05 Å². The molecule has 0 aliphatic heterocycles. The molecule has 0 aliphatic rings. The number of benzene rings is 1. The van der Waals surface area contributed by atoms with Gasteiger partial charge in [0.2, 0.25) is 0 Å². The van der Waals surface area contributed by atoms with Crippen molar-refractivity contribution < 1.29 is 4.79 Å². The Bertz CT molecular complexity index is 832. The molecule has 118 valence electrons. The molecule has 1 N–H and O–H groups in total. The average molecular weight is 309 g/mol. The number of rotatable bonds is 4. The highest BCUT2D eigenvalue weighted by Crippen LogP contribution is 2.12. The van der Waals surface area contributed by atoms with Crippen molar-refractivity contribution in [1.29, 1.82) is 0 Å². The fourth-order valence-corrected chi connectivity index (χ4v) is 2.55. The van der Waals surface area contributed by atoms with Crippen molar-refractivity contribution in [3.05, 3.63) is 65.2 Å². The molecule has 0 saturated heterocycles. The Kier molecular flexibility index (Phi) is 3.97. The minimum absolute atomic E-state index is 0.111. The summed E-state index contributed by atoms with van der Waals surface area (Å²) in [6, 6.07) is 9.86. The third kappa shape index (κ3) is 3.01. The summed E-state index contributed by atoms with van der Waals surface area (Å²) < 4.78 is 3.51. The van der Waals surface area contributed by atoms with Gasteiger partial charge in [0.25, 0.3) is 5.91 Å². The number of carbonyl (C=O) groups excluding carboxylic acids is 1. The molecule has 3 aromatic rings. The molecule has 23 heavy (non-hydrogen) atoms. The summed E-state index contributed by atoms with van der Waals surface area (Å²) in [6.07, 6.45) is 3.68. The normalized spacial score (nSPS) is 10.7. The Hall–Kier alpha value is -2.89. The van der Waals surface area contributed by atoms with Crippen molar-refractivity contribution in [2.45, 2.75) is 20.4 Å². The Morgan fingerprint density at radius 2 is 1.96 bits per heavy atom. The van der Waals surface area contributed by atoms with E-state index in [2.05, 4.69) is 15.5 Å². The predicted octanol–water partition coefficient (Wildman–Crippen LogP) is 2.15. The third-order valence-electron chi connectivity index (χ3n) is 3.85. The molecule has 0 atom stereocenters. The lowest BCUT2D eigenvalue weighted by Gasteiger charge is -2.04. The lowest BCUT2D eigenvalue weighted by atomic mass is 10.2. The molecule has 0 saturated carbocycles. The SMILES string of the molecule is Cc1nn(C)c(C)c1C(=O)NCc1cnn(-c2ccccc2)c1. The maximum Gasteiger partial charge on any atom is 0.255 e. The van der Waals surface area contributed by atoms with Gasteiger partial charge < -0.3 is 5.32 Å². The number of para-hydroxylation sites is 1. The molecule has 6 heteroatoms. The van der Waals surface area contributed by atoms with Crippen LogP contribution in [-0.4, -0.2) is 25.5 Å². The van der Waals surface area contributed by atoms with E-state index in [0.717, 1.165) is 22.6 Å². The number of hydrogen-bond acceptors (Lipinski definition) is 3. The molecular weight excluding hydrogens is 290 g/mol. The summed E-state index contributed by atoms with van der Waals surface area (Å²) >= 11 is 0. The molecule has 0 fully saturated rings. The summed E-state index contributed by atoms with van der Waals surface area (Å²) in [6.45, 7) is 4.16. The Labute approximate surface area is 134 Å². The average Bonchev–Trinajstić information content (AvgIpc) is 3.11. The van der Waals surface area contributed by atoms with Crippen LogP contribution >= 0.6 is 0 Å². The number of nitrogens with one attached hydrogen (secondary N) is 1. The van der Waals surface area contributed by atoms with Crippen LogP contribution in [0.4, 0.5) is 0 Å². The van der Waals surface area contributed by atoms with Gasteiger partial charge in [0.1, 0.15) is 0 Å². The summed E-state index contributed by atoms with van der Waals surface area (Å²) in [5.41, 5.74) is 4.18. The van der Waals surface area contributed by atoms with E-state index in [1.54, 1.807) is 15.6 Å². The Balaban J connectivity index is 1.69. The van der Waals surface area contributed by atoms with Crippen LogP contribution in [0, 0.1) is 13.8 Å². The van der Waals surface area contributed by atoms with Gasteiger partial charge in [-0.25, -0.2) is 4.68 Å². The first-order valence-corrected chi connectivity index (χ1v) is 7.43. The van der Waals surface area contributed by atoms with E-state index in [9.17, 15) is 4.79 Å². The van der Waals surface area contributed by atoms with Gasteiger partial charge in [0.05, 0.1) is 23.1 Å². The lowest BCUT2D eigenvalue weighted by Crippen LogP contribution is -2.23. The Morgan fingerprint density at radius 3 is 2.61 bits per heavy atom. The number of hydrogen-bond donors (Lipinski definition) is 1. The summed E-state index contributed by atoms with van der Waals surface area (Å²) in [5.74, 6) is -0.111. The number of nitrogens with zero attached hydrogens (tertiary/aromatic N) is 4. The van der Waals surface area contributed by atoms with Crippen LogP contribution in [0.2, 0.25) is 0 Å². The Morgan fingerprint density at radius 1 is 1.22 bits per heavy atom. The third-order valence-corrected chi connectivity index (χ3v) is 3.85. The molecule has 3 rings (SSSR count). The van der Waals surface area contributed by atoms with Gasteiger partial charge in [-0.05, 0) is 26.0 Å². The summed E-state index contributed by atoms with van der Waals surface area (Å²) in [7, 11) is 1.84. The van der Waals surface area contributed by atoms with Crippen LogP contribution in [0.3, 0.4) is 0 Å². The van der Waals surface area contributed by atoms with Crippen LogP contribution in [-0.2, 0) is 13.6 Å². The molecule has 0 radical (unpaired) electrons. The standard InChI is InChI=1S/C17H19N5O/c1-12-16(13(2)21(3)20-12)17(23)18-9-14-10-19-22(11-14)15-7-5-4-6-8-15/h4-8,10-11H,9H2,1-3H3,(H,18,23). The predicted molar refractivity (Wildman–Crippen MR) is 87.4 cm³/mol. The van der Waals surface area contributed by atoms with Crippen molar-refractivity contribution in [2.75, 3.05) is 0 Å². The maximum absolute atomic E-state index is 12.4. The largest absolute Gasteiger partial charge is 0.348 e. The summed E-state index contributed by atoms with van der Waals surface area (Å²) in [4.78, 5) is 12.4. The van der Waals surface area contributed by atoms with Crippen molar-refractivity contribution >= 4 is 5.91 Å². The van der Waals surface area contributed by atoms with Crippen LogP contribution in [0.5, 0.6) is 0 Å². The maximum atomic E-state index is 12.4. The first kappa shape index (κ1) is 15.0. The van der Waals surface area contributed by atoms with Gasteiger partial charge in [-0.15, -0.1) is 0 Å². The van der Waals surface area contributed by atoms with E-state index in [1.165, 1.54) is 0 Å². The van der Waals surface area contributed by atoms with Crippen molar-refractivity contribution in [3.8, 4) is 5.69 Å². The van der Waals surface area contributed by atoms with Crippen LogP contribution in [0.1, 0.15) is 27.3 Å². The first-order valence-electron chi connectivity index (χ1n) is 7.43. The minimum atomic E-state index is -0.111. The van der Waals surface area contributed by atoms with E-state index in [-0.39, 0.29) is 5.91 Å². The molecule has 2 heterocycles. The zero-order valence-electron chi connectivity index (χ0n) is 13.4. The van der Waals surface area contributed by atoms with Crippen molar-refractivity contribution in [1.82, 2.24) is 24.9 Å². The number of carbonyl (C=O) groups is 1. The molecule has 0 aliphatic carbocycles. The van der Waals surface area contributed by atoms with Crippen LogP contribution < -0.4 is 5.32 Å². The highest BCUT2D eigenvalue weighted by atomic mass is 16.1. The van der Waals surface area contributed by atoms with Gasteiger partial charge in [-0.1, -0.05) is 18.2 Å². The van der Waals surface area contributed by atoms with E-state index >= 15 is 0 Å². The monoisotopic (exact) mass is 309 g/mol. The van der Waals surface area contributed by atoms with E-state index < -0.39 is 0 Å². The zero-order chi connectivity index (χ0) is 16.4. The topological polar surface area (TPSA) is 64.7 Å². The van der Waals surface area contributed by atoms with Crippen LogP contribution in [0.25, 0.3) is 5.69 Å².